The van der Waals surface area contributed by atoms with Crippen LogP contribution in [0.4, 0.5) is 17.5 Å². The Labute approximate surface area is 160 Å². The van der Waals surface area contributed by atoms with E-state index in [1.54, 1.807) is 6.92 Å². The van der Waals surface area contributed by atoms with Crippen molar-refractivity contribution in [2.24, 2.45) is 0 Å². The number of fused-ring (bicyclic) bond motifs is 1. The molecule has 27 heavy (non-hydrogen) atoms. The van der Waals surface area contributed by atoms with E-state index >= 15 is 0 Å². The standard InChI is InChI=1S/C20H28N6O/c1-12(2)16-18-17(25-24-16)19(22-15-9-7-6-8-10-15)23-20(21-11-14(5)27)26(18)13(3)4/h6-10,12-14,22,27H,11H2,1-5H3,(H,21,23). The lowest BCUT2D eigenvalue weighted by Crippen LogP contribution is -2.22. The molecule has 2 aliphatic heterocycles. The second-order valence-corrected chi connectivity index (χ2v) is 7.41. The molecule has 0 fully saturated rings. The van der Waals surface area contributed by atoms with Gasteiger partial charge < -0.3 is 20.3 Å². The second-order valence-electron chi connectivity index (χ2n) is 7.41. The number of anilines is 3. The largest absolute Gasteiger partial charge is 0.392 e. The van der Waals surface area contributed by atoms with E-state index in [-0.39, 0.29) is 12.0 Å². The summed E-state index contributed by atoms with van der Waals surface area (Å²) in [6, 6.07) is 10.0. The first-order valence-electron chi connectivity index (χ1n) is 9.41. The van der Waals surface area contributed by atoms with Crippen molar-refractivity contribution in [1.29, 1.82) is 0 Å². The molecule has 7 nitrogen and oxygen atoms in total. The highest BCUT2D eigenvalue weighted by molar-refractivity contribution is 5.78. The second kappa shape index (κ2) is 7.92. The molecule has 1 unspecified atom stereocenters. The van der Waals surface area contributed by atoms with Crippen LogP contribution in [-0.2, 0) is 0 Å². The zero-order valence-electron chi connectivity index (χ0n) is 16.6. The van der Waals surface area contributed by atoms with Gasteiger partial charge in [0.1, 0.15) is 0 Å². The molecule has 2 aliphatic rings. The van der Waals surface area contributed by atoms with Gasteiger partial charge in [-0.05, 0) is 38.8 Å². The number of aromatic nitrogens is 4. The van der Waals surface area contributed by atoms with Gasteiger partial charge in [0.05, 0.1) is 17.5 Å². The highest BCUT2D eigenvalue weighted by Gasteiger charge is 2.28. The lowest BCUT2D eigenvalue weighted by atomic mass is 10.1. The maximum Gasteiger partial charge on any atom is 0.205 e. The van der Waals surface area contributed by atoms with E-state index in [1.807, 2.05) is 30.3 Å². The molecule has 0 radical (unpaired) electrons. The first kappa shape index (κ1) is 19.1. The average molecular weight is 368 g/mol. The van der Waals surface area contributed by atoms with Gasteiger partial charge >= 0.3 is 0 Å². The smallest absolute Gasteiger partial charge is 0.205 e. The van der Waals surface area contributed by atoms with Crippen LogP contribution in [0.5, 0.6) is 0 Å². The summed E-state index contributed by atoms with van der Waals surface area (Å²) >= 11 is 0. The summed E-state index contributed by atoms with van der Waals surface area (Å²) in [6.45, 7) is 10.6. The summed E-state index contributed by atoms with van der Waals surface area (Å²) in [5.74, 6) is 1.57. The Kier molecular flexibility index (Phi) is 5.60. The van der Waals surface area contributed by atoms with Gasteiger partial charge in [-0.2, -0.15) is 10.1 Å². The van der Waals surface area contributed by atoms with Gasteiger partial charge in [-0.1, -0.05) is 32.0 Å². The molecule has 1 aromatic rings. The Morgan fingerprint density at radius 3 is 2.33 bits per heavy atom. The first-order valence-corrected chi connectivity index (χ1v) is 9.41. The molecule has 0 aliphatic carbocycles. The first-order chi connectivity index (χ1) is 12.9. The minimum atomic E-state index is -0.478. The average Bonchev–Trinajstić information content (AvgIpc) is 3.05. The maximum absolute atomic E-state index is 9.72. The van der Waals surface area contributed by atoms with Gasteiger partial charge in [0.25, 0.3) is 0 Å². The van der Waals surface area contributed by atoms with Gasteiger partial charge in [0, 0.05) is 18.3 Å². The summed E-state index contributed by atoms with van der Waals surface area (Å²) < 4.78 is 2.11. The number of benzene rings is 1. The van der Waals surface area contributed by atoms with E-state index in [2.05, 4.69) is 53.1 Å². The Balaban J connectivity index is 2.17. The molecule has 1 atom stereocenters. The van der Waals surface area contributed by atoms with Crippen LogP contribution in [0.15, 0.2) is 30.3 Å². The number of rotatable bonds is 7. The third-order valence-electron chi connectivity index (χ3n) is 4.29. The van der Waals surface area contributed by atoms with E-state index in [0.29, 0.717) is 18.3 Å². The zero-order valence-corrected chi connectivity index (χ0v) is 16.6. The molecule has 0 spiro atoms. The number of aliphatic hydroxyl groups excluding tert-OH is 1. The van der Waals surface area contributed by atoms with E-state index < -0.39 is 6.10 Å². The Bertz CT molecular complexity index is 857. The zero-order chi connectivity index (χ0) is 19.6. The van der Waals surface area contributed by atoms with Gasteiger partial charge in [-0.3, -0.25) is 0 Å². The third-order valence-corrected chi connectivity index (χ3v) is 4.29. The lowest BCUT2D eigenvalue weighted by molar-refractivity contribution is 0.208. The number of aliphatic hydroxyl groups is 1. The van der Waals surface area contributed by atoms with Crippen LogP contribution in [-0.4, -0.2) is 37.5 Å². The summed E-state index contributed by atoms with van der Waals surface area (Å²) in [5, 5.41) is 25.3. The van der Waals surface area contributed by atoms with E-state index in [9.17, 15) is 5.11 Å². The Hall–Kier alpha value is -2.67. The van der Waals surface area contributed by atoms with Gasteiger partial charge in [-0.25, -0.2) is 0 Å². The minimum absolute atomic E-state index is 0.158. The maximum atomic E-state index is 9.72. The van der Waals surface area contributed by atoms with E-state index in [4.69, 9.17) is 4.98 Å². The number of hydrogen-bond acceptors (Lipinski definition) is 6. The minimum Gasteiger partial charge on any atom is -0.392 e. The molecule has 0 aromatic heterocycles. The Morgan fingerprint density at radius 2 is 1.74 bits per heavy atom. The molecule has 144 valence electrons. The van der Waals surface area contributed by atoms with Crippen molar-refractivity contribution in [3.8, 4) is 11.4 Å². The molecule has 2 heterocycles. The molecular formula is C20H28N6O. The third kappa shape index (κ3) is 4.03. The van der Waals surface area contributed by atoms with Gasteiger partial charge in [0.2, 0.25) is 5.95 Å². The predicted molar refractivity (Wildman–Crippen MR) is 109 cm³/mol. The molecular weight excluding hydrogens is 340 g/mol. The predicted octanol–water partition coefficient (Wildman–Crippen LogP) is 4.02. The highest BCUT2D eigenvalue weighted by Crippen LogP contribution is 2.38. The van der Waals surface area contributed by atoms with Gasteiger partial charge in [-0.15, -0.1) is 5.10 Å². The molecule has 3 N–H and O–H groups in total. The molecule has 0 bridgehead atoms. The van der Waals surface area contributed by atoms with Crippen LogP contribution in [0, 0.1) is 0 Å². The van der Waals surface area contributed by atoms with Crippen molar-refractivity contribution in [3.05, 3.63) is 36.0 Å². The highest BCUT2D eigenvalue weighted by atomic mass is 16.3. The SMILES string of the molecule is CC(O)CNc1nc(Nc2ccccc2)c2nnc(C(C)C)c-2n1C(C)C. The molecule has 1 aromatic carbocycles. The molecule has 0 saturated carbocycles. The van der Waals surface area contributed by atoms with Gasteiger partial charge in [0.15, 0.2) is 11.5 Å². The van der Waals surface area contributed by atoms with Crippen LogP contribution in [0.1, 0.15) is 52.3 Å². The molecule has 3 rings (SSSR count). The van der Waals surface area contributed by atoms with Crippen LogP contribution in [0.3, 0.4) is 0 Å². The summed E-state index contributed by atoms with van der Waals surface area (Å²) in [7, 11) is 0. The number of nitrogens with one attached hydrogen (secondary N) is 2. The number of para-hydroxylation sites is 1. The molecule has 0 amide bonds. The summed E-state index contributed by atoms with van der Waals surface area (Å²) in [5.41, 5.74) is 3.60. The van der Waals surface area contributed by atoms with Crippen molar-refractivity contribution in [1.82, 2.24) is 19.7 Å². The fraction of sp³-hybridized carbons (Fsp3) is 0.450. The van der Waals surface area contributed by atoms with Crippen molar-refractivity contribution in [2.75, 3.05) is 17.2 Å². The molecule has 7 heteroatoms. The fourth-order valence-corrected chi connectivity index (χ4v) is 3.04. The number of nitrogens with zero attached hydrogens (tertiary/aromatic N) is 4. The normalized spacial score (nSPS) is 12.7. The van der Waals surface area contributed by atoms with Crippen molar-refractivity contribution in [2.45, 2.75) is 52.7 Å². The van der Waals surface area contributed by atoms with Crippen LogP contribution < -0.4 is 10.6 Å². The summed E-state index contributed by atoms with van der Waals surface area (Å²) in [4.78, 5) is 4.79. The Morgan fingerprint density at radius 1 is 1.04 bits per heavy atom. The van der Waals surface area contributed by atoms with Crippen LogP contribution >= 0.6 is 0 Å². The van der Waals surface area contributed by atoms with Crippen LogP contribution in [0.2, 0.25) is 0 Å². The van der Waals surface area contributed by atoms with Crippen molar-refractivity contribution in [3.63, 3.8) is 0 Å². The molecule has 0 saturated heterocycles. The fourth-order valence-electron chi connectivity index (χ4n) is 3.04. The topological polar surface area (TPSA) is 87.9 Å². The van der Waals surface area contributed by atoms with E-state index in [0.717, 1.165) is 22.8 Å². The van der Waals surface area contributed by atoms with Crippen molar-refractivity contribution < 1.29 is 5.11 Å². The monoisotopic (exact) mass is 368 g/mol. The number of hydrogen-bond donors (Lipinski definition) is 3. The summed E-state index contributed by atoms with van der Waals surface area (Å²) in [6.07, 6.45) is -0.478. The van der Waals surface area contributed by atoms with Crippen LogP contribution in [0.25, 0.3) is 11.4 Å². The lowest BCUT2D eigenvalue weighted by Gasteiger charge is -2.24. The van der Waals surface area contributed by atoms with E-state index in [1.165, 1.54) is 0 Å². The van der Waals surface area contributed by atoms with Crippen molar-refractivity contribution >= 4 is 17.5 Å². The quantitative estimate of drug-likeness (QED) is 0.584.